The van der Waals surface area contributed by atoms with Gasteiger partial charge < -0.3 is 5.32 Å². The molecule has 1 aromatic heterocycles. The molecule has 0 fully saturated rings. The van der Waals surface area contributed by atoms with Crippen molar-refractivity contribution >= 4 is 33.1 Å². The number of rotatable bonds is 6. The van der Waals surface area contributed by atoms with Gasteiger partial charge in [-0.25, -0.2) is 4.98 Å². The van der Waals surface area contributed by atoms with E-state index in [0.29, 0.717) is 11.6 Å². The first kappa shape index (κ1) is 15.7. The van der Waals surface area contributed by atoms with Gasteiger partial charge in [-0.3, -0.25) is 4.79 Å². The van der Waals surface area contributed by atoms with Crippen molar-refractivity contribution in [3.05, 3.63) is 59.1 Å². The molecule has 2 aromatic carbocycles. The van der Waals surface area contributed by atoms with Crippen molar-refractivity contribution in [2.24, 2.45) is 0 Å². The van der Waals surface area contributed by atoms with Crippen LogP contribution in [0.3, 0.4) is 0 Å². The van der Waals surface area contributed by atoms with E-state index in [1.54, 1.807) is 11.3 Å². The number of carbonyl (C=O) groups is 1. The van der Waals surface area contributed by atoms with Crippen molar-refractivity contribution in [2.75, 3.05) is 5.32 Å². The van der Waals surface area contributed by atoms with E-state index in [-0.39, 0.29) is 5.91 Å². The topological polar surface area (TPSA) is 42.0 Å². The first-order valence-corrected chi connectivity index (χ1v) is 8.79. The summed E-state index contributed by atoms with van der Waals surface area (Å²) in [6.07, 6.45) is 5.21. The molecule has 3 aromatic rings. The van der Waals surface area contributed by atoms with Gasteiger partial charge in [0.05, 0.1) is 0 Å². The minimum absolute atomic E-state index is 0.0536. The first-order valence-electron chi connectivity index (χ1n) is 7.97. The molecule has 118 valence electrons. The number of unbranched alkanes of at least 4 members (excludes halogenated alkanes) is 1. The Morgan fingerprint density at radius 3 is 2.87 bits per heavy atom. The standard InChI is InChI=1S/C19H20N2OS/c1-2-3-11-18(22)21-19-20-13-16(23-19)12-15-9-6-8-14-7-4-5-10-17(14)15/h4-10,13H,2-3,11-12H2,1H3,(H,20,21,22). The molecule has 0 aliphatic rings. The van der Waals surface area contributed by atoms with Crippen LogP contribution in [-0.2, 0) is 11.2 Å². The molecular weight excluding hydrogens is 304 g/mol. The molecule has 1 N–H and O–H groups in total. The molecule has 1 heterocycles. The van der Waals surface area contributed by atoms with Crippen LogP contribution in [0.15, 0.2) is 48.7 Å². The monoisotopic (exact) mass is 324 g/mol. The van der Waals surface area contributed by atoms with Crippen LogP contribution in [-0.4, -0.2) is 10.9 Å². The van der Waals surface area contributed by atoms with Crippen LogP contribution in [0.4, 0.5) is 5.13 Å². The van der Waals surface area contributed by atoms with Gasteiger partial charge in [-0.05, 0) is 22.8 Å². The molecule has 3 rings (SSSR count). The highest BCUT2D eigenvalue weighted by molar-refractivity contribution is 7.15. The van der Waals surface area contributed by atoms with Gasteiger partial charge in [0.2, 0.25) is 5.91 Å². The molecule has 4 heteroatoms. The maximum Gasteiger partial charge on any atom is 0.226 e. The number of benzene rings is 2. The van der Waals surface area contributed by atoms with E-state index in [4.69, 9.17) is 0 Å². The van der Waals surface area contributed by atoms with Gasteiger partial charge in [-0.1, -0.05) is 55.8 Å². The molecule has 23 heavy (non-hydrogen) atoms. The Morgan fingerprint density at radius 2 is 2.00 bits per heavy atom. The van der Waals surface area contributed by atoms with E-state index >= 15 is 0 Å². The number of nitrogens with one attached hydrogen (secondary N) is 1. The second-order valence-electron chi connectivity index (χ2n) is 5.60. The number of nitrogens with zero attached hydrogens (tertiary/aromatic N) is 1. The molecular formula is C19H20N2OS. The minimum atomic E-state index is 0.0536. The number of amides is 1. The number of fused-ring (bicyclic) bond motifs is 1. The molecule has 0 aliphatic carbocycles. The van der Waals surface area contributed by atoms with Gasteiger partial charge >= 0.3 is 0 Å². The quantitative estimate of drug-likeness (QED) is 0.692. The van der Waals surface area contributed by atoms with E-state index < -0.39 is 0 Å². The van der Waals surface area contributed by atoms with Gasteiger partial charge in [-0.15, -0.1) is 11.3 Å². The number of hydrogen-bond donors (Lipinski definition) is 1. The largest absolute Gasteiger partial charge is 0.302 e. The SMILES string of the molecule is CCCCC(=O)Nc1ncc(Cc2cccc3ccccc23)s1. The summed E-state index contributed by atoms with van der Waals surface area (Å²) in [5.74, 6) is 0.0536. The van der Waals surface area contributed by atoms with Crippen molar-refractivity contribution in [1.82, 2.24) is 4.98 Å². The molecule has 1 amide bonds. The number of carbonyl (C=O) groups excluding carboxylic acids is 1. The van der Waals surface area contributed by atoms with Crippen LogP contribution in [0.25, 0.3) is 10.8 Å². The summed E-state index contributed by atoms with van der Waals surface area (Å²) < 4.78 is 0. The van der Waals surface area contributed by atoms with Gasteiger partial charge in [0.1, 0.15) is 0 Å². The zero-order chi connectivity index (χ0) is 16.1. The first-order chi connectivity index (χ1) is 11.3. The van der Waals surface area contributed by atoms with E-state index in [0.717, 1.165) is 24.1 Å². The fraction of sp³-hybridized carbons (Fsp3) is 0.263. The average Bonchev–Trinajstić information content (AvgIpc) is 3.00. The summed E-state index contributed by atoms with van der Waals surface area (Å²) in [5, 5.41) is 6.11. The summed E-state index contributed by atoms with van der Waals surface area (Å²) in [5.41, 5.74) is 1.29. The summed E-state index contributed by atoms with van der Waals surface area (Å²) in [6.45, 7) is 2.08. The summed E-state index contributed by atoms with van der Waals surface area (Å²) >= 11 is 1.56. The van der Waals surface area contributed by atoms with E-state index in [1.165, 1.54) is 16.3 Å². The van der Waals surface area contributed by atoms with Gasteiger partial charge in [0.25, 0.3) is 0 Å². The van der Waals surface area contributed by atoms with Crippen LogP contribution >= 0.6 is 11.3 Å². The van der Waals surface area contributed by atoms with Crippen LogP contribution < -0.4 is 5.32 Å². The molecule has 0 bridgehead atoms. The van der Waals surface area contributed by atoms with Crippen LogP contribution in [0.1, 0.15) is 36.6 Å². The smallest absolute Gasteiger partial charge is 0.226 e. The van der Waals surface area contributed by atoms with E-state index in [9.17, 15) is 4.79 Å². The Morgan fingerprint density at radius 1 is 1.17 bits per heavy atom. The maximum atomic E-state index is 11.8. The third-order valence-corrected chi connectivity index (χ3v) is 4.71. The lowest BCUT2D eigenvalue weighted by atomic mass is 10.0. The summed E-state index contributed by atoms with van der Waals surface area (Å²) in [6, 6.07) is 14.8. The van der Waals surface area contributed by atoms with Crippen molar-refractivity contribution in [3.8, 4) is 0 Å². The lowest BCUT2D eigenvalue weighted by Gasteiger charge is -2.04. The third kappa shape index (κ3) is 3.96. The number of aromatic nitrogens is 1. The molecule has 0 spiro atoms. The molecule has 0 radical (unpaired) electrons. The Labute approximate surface area is 140 Å². The predicted octanol–water partition coefficient (Wildman–Crippen LogP) is 5.02. The Balaban J connectivity index is 1.72. The molecule has 0 atom stereocenters. The lowest BCUT2D eigenvalue weighted by Crippen LogP contribution is -2.10. The van der Waals surface area contributed by atoms with Crippen LogP contribution in [0.2, 0.25) is 0 Å². The second kappa shape index (κ2) is 7.38. The highest BCUT2D eigenvalue weighted by Gasteiger charge is 2.08. The Hall–Kier alpha value is -2.20. The van der Waals surface area contributed by atoms with Gasteiger partial charge in [0, 0.05) is 23.9 Å². The van der Waals surface area contributed by atoms with Gasteiger partial charge in [-0.2, -0.15) is 0 Å². The minimum Gasteiger partial charge on any atom is -0.302 e. The fourth-order valence-corrected chi connectivity index (χ4v) is 3.45. The van der Waals surface area contributed by atoms with Gasteiger partial charge in [0.15, 0.2) is 5.13 Å². The molecule has 0 saturated heterocycles. The highest BCUT2D eigenvalue weighted by atomic mass is 32.1. The molecule has 0 aliphatic heterocycles. The molecule has 0 unspecified atom stereocenters. The number of hydrogen-bond acceptors (Lipinski definition) is 3. The number of anilines is 1. The normalized spacial score (nSPS) is 10.8. The average molecular weight is 324 g/mol. The Kier molecular flexibility index (Phi) is 5.03. The Bertz CT molecular complexity index is 804. The lowest BCUT2D eigenvalue weighted by molar-refractivity contribution is -0.116. The zero-order valence-corrected chi connectivity index (χ0v) is 14.0. The highest BCUT2D eigenvalue weighted by Crippen LogP contribution is 2.25. The molecule has 0 saturated carbocycles. The van der Waals surface area contributed by atoms with E-state index in [2.05, 4.69) is 59.7 Å². The third-order valence-electron chi connectivity index (χ3n) is 3.80. The van der Waals surface area contributed by atoms with Crippen molar-refractivity contribution < 1.29 is 4.79 Å². The van der Waals surface area contributed by atoms with Crippen molar-refractivity contribution in [3.63, 3.8) is 0 Å². The van der Waals surface area contributed by atoms with Crippen LogP contribution in [0.5, 0.6) is 0 Å². The zero-order valence-electron chi connectivity index (χ0n) is 13.2. The predicted molar refractivity (Wildman–Crippen MR) is 97.0 cm³/mol. The van der Waals surface area contributed by atoms with Crippen molar-refractivity contribution in [1.29, 1.82) is 0 Å². The summed E-state index contributed by atoms with van der Waals surface area (Å²) in [4.78, 5) is 17.3. The molecule has 3 nitrogen and oxygen atoms in total. The van der Waals surface area contributed by atoms with E-state index in [1.807, 2.05) is 6.20 Å². The van der Waals surface area contributed by atoms with Crippen molar-refractivity contribution in [2.45, 2.75) is 32.6 Å². The van der Waals surface area contributed by atoms with Crippen LogP contribution in [0, 0.1) is 0 Å². The second-order valence-corrected chi connectivity index (χ2v) is 6.71. The fourth-order valence-electron chi connectivity index (χ4n) is 2.60. The maximum absolute atomic E-state index is 11.8. The summed E-state index contributed by atoms with van der Waals surface area (Å²) in [7, 11) is 0. The number of thiazole rings is 1.